The van der Waals surface area contributed by atoms with Crippen molar-refractivity contribution in [1.29, 1.82) is 0 Å². The Bertz CT molecular complexity index is 876. The monoisotopic (exact) mass is 337 g/mol. The van der Waals surface area contributed by atoms with Gasteiger partial charge in [0.1, 0.15) is 0 Å². The Morgan fingerprint density at radius 3 is 2.17 bits per heavy atom. The Labute approximate surface area is 147 Å². The number of benzene rings is 2. The van der Waals surface area contributed by atoms with Crippen LogP contribution in [-0.2, 0) is 6.54 Å². The normalized spacial score (nSPS) is 10.8. The van der Waals surface area contributed by atoms with Crippen LogP contribution < -0.4 is 0 Å². The van der Waals surface area contributed by atoms with Crippen molar-refractivity contribution in [1.82, 2.24) is 4.57 Å². The molecule has 3 heteroatoms. The van der Waals surface area contributed by atoms with Crippen LogP contribution in [0.4, 0.5) is 0 Å². The average molecular weight is 338 g/mol. The van der Waals surface area contributed by atoms with E-state index in [0.29, 0.717) is 5.02 Å². The van der Waals surface area contributed by atoms with Gasteiger partial charge in [0.2, 0.25) is 0 Å². The third kappa shape index (κ3) is 3.02. The summed E-state index contributed by atoms with van der Waals surface area (Å²) < 4.78 is 2.22. The standard InChI is InChI=1S/C21H20ClNO/c1-14-20(16(3)24)21(18-9-11-19(22)12-10-18)15(2)23(14)13-17-7-5-4-6-8-17/h4-12H,13H2,1-3H3. The van der Waals surface area contributed by atoms with E-state index in [-0.39, 0.29) is 5.78 Å². The number of nitrogens with zero attached hydrogens (tertiary/aromatic N) is 1. The molecular weight excluding hydrogens is 318 g/mol. The number of hydrogen-bond acceptors (Lipinski definition) is 1. The first-order valence-corrected chi connectivity index (χ1v) is 8.37. The Morgan fingerprint density at radius 2 is 1.58 bits per heavy atom. The molecule has 0 aliphatic rings. The van der Waals surface area contributed by atoms with Crippen LogP contribution in [0.5, 0.6) is 0 Å². The molecule has 0 spiro atoms. The zero-order valence-corrected chi connectivity index (χ0v) is 14.9. The lowest BCUT2D eigenvalue weighted by atomic mass is 9.98. The van der Waals surface area contributed by atoms with Gasteiger partial charge in [-0.15, -0.1) is 0 Å². The van der Waals surface area contributed by atoms with E-state index in [4.69, 9.17) is 11.6 Å². The Balaban J connectivity index is 2.16. The van der Waals surface area contributed by atoms with Crippen molar-refractivity contribution in [2.45, 2.75) is 27.3 Å². The van der Waals surface area contributed by atoms with Crippen molar-refractivity contribution in [2.75, 3.05) is 0 Å². The van der Waals surface area contributed by atoms with Crippen LogP contribution in [0.15, 0.2) is 54.6 Å². The van der Waals surface area contributed by atoms with Crippen LogP contribution in [0.25, 0.3) is 11.1 Å². The first kappa shape index (κ1) is 16.5. The highest BCUT2D eigenvalue weighted by molar-refractivity contribution is 6.30. The van der Waals surface area contributed by atoms with Crippen LogP contribution in [0.3, 0.4) is 0 Å². The van der Waals surface area contributed by atoms with Crippen LogP contribution >= 0.6 is 11.6 Å². The molecule has 0 aliphatic heterocycles. The number of carbonyl (C=O) groups is 1. The minimum absolute atomic E-state index is 0.0901. The van der Waals surface area contributed by atoms with Crippen molar-refractivity contribution in [3.05, 3.63) is 82.1 Å². The van der Waals surface area contributed by atoms with Gasteiger partial charge in [-0.3, -0.25) is 4.79 Å². The highest BCUT2D eigenvalue weighted by Crippen LogP contribution is 2.33. The Hall–Kier alpha value is -2.32. The average Bonchev–Trinajstić information content (AvgIpc) is 2.81. The van der Waals surface area contributed by atoms with Crippen LogP contribution in [0, 0.1) is 13.8 Å². The smallest absolute Gasteiger partial charge is 0.162 e. The lowest BCUT2D eigenvalue weighted by molar-refractivity contribution is 0.101. The van der Waals surface area contributed by atoms with Crippen molar-refractivity contribution in [3.8, 4) is 11.1 Å². The number of Topliss-reactive ketones (excluding diaryl/α,β-unsaturated/α-hetero) is 1. The first-order chi connectivity index (χ1) is 11.5. The molecule has 0 radical (unpaired) electrons. The fourth-order valence-corrected chi connectivity index (χ4v) is 3.41. The van der Waals surface area contributed by atoms with Gasteiger partial charge in [-0.25, -0.2) is 0 Å². The first-order valence-electron chi connectivity index (χ1n) is 7.99. The van der Waals surface area contributed by atoms with Crippen LogP contribution in [-0.4, -0.2) is 10.4 Å². The van der Waals surface area contributed by atoms with Gasteiger partial charge < -0.3 is 4.57 Å². The fraction of sp³-hybridized carbons (Fsp3) is 0.190. The second-order valence-electron chi connectivity index (χ2n) is 6.06. The fourth-order valence-electron chi connectivity index (χ4n) is 3.29. The summed E-state index contributed by atoms with van der Waals surface area (Å²) in [6.45, 7) is 6.48. The number of hydrogen-bond donors (Lipinski definition) is 0. The van der Waals surface area contributed by atoms with Gasteiger partial charge in [0, 0.05) is 34.1 Å². The number of aromatic nitrogens is 1. The molecule has 0 aliphatic carbocycles. The lowest BCUT2D eigenvalue weighted by Crippen LogP contribution is -2.05. The minimum atomic E-state index is 0.0901. The van der Waals surface area contributed by atoms with E-state index in [9.17, 15) is 4.79 Å². The van der Waals surface area contributed by atoms with Crippen molar-refractivity contribution >= 4 is 17.4 Å². The summed E-state index contributed by atoms with van der Waals surface area (Å²) in [6, 6.07) is 18.0. The molecule has 2 nitrogen and oxygen atoms in total. The summed E-state index contributed by atoms with van der Waals surface area (Å²) in [5.41, 5.74) is 6.16. The molecule has 3 aromatic rings. The molecule has 24 heavy (non-hydrogen) atoms. The van der Waals surface area contributed by atoms with Gasteiger partial charge in [0.05, 0.1) is 0 Å². The summed E-state index contributed by atoms with van der Waals surface area (Å²) in [7, 11) is 0. The molecule has 0 fully saturated rings. The lowest BCUT2D eigenvalue weighted by Gasteiger charge is -2.10. The molecule has 0 unspecified atom stereocenters. The summed E-state index contributed by atoms with van der Waals surface area (Å²) in [5.74, 6) is 0.0901. The maximum absolute atomic E-state index is 12.3. The van der Waals surface area contributed by atoms with Gasteiger partial charge in [0.25, 0.3) is 0 Å². The van der Waals surface area contributed by atoms with E-state index in [1.54, 1.807) is 6.92 Å². The van der Waals surface area contributed by atoms with E-state index in [1.807, 2.05) is 49.4 Å². The second kappa shape index (κ2) is 6.66. The molecule has 0 N–H and O–H groups in total. The maximum Gasteiger partial charge on any atom is 0.162 e. The van der Waals surface area contributed by atoms with Gasteiger partial charge in [-0.2, -0.15) is 0 Å². The molecule has 1 heterocycles. The SMILES string of the molecule is CC(=O)c1c(-c2ccc(Cl)cc2)c(C)n(Cc2ccccc2)c1C. The second-order valence-corrected chi connectivity index (χ2v) is 6.49. The number of rotatable bonds is 4. The van der Waals surface area contributed by atoms with E-state index < -0.39 is 0 Å². The zero-order chi connectivity index (χ0) is 17.3. The van der Waals surface area contributed by atoms with Gasteiger partial charge in [0.15, 0.2) is 5.78 Å². The summed E-state index contributed by atoms with van der Waals surface area (Å²) in [6.07, 6.45) is 0. The third-order valence-electron chi connectivity index (χ3n) is 4.45. The molecule has 3 rings (SSSR count). The van der Waals surface area contributed by atoms with Gasteiger partial charge in [-0.05, 0) is 44.0 Å². The van der Waals surface area contributed by atoms with Crippen molar-refractivity contribution < 1.29 is 4.79 Å². The molecule has 2 aromatic carbocycles. The number of carbonyl (C=O) groups excluding carboxylic acids is 1. The highest BCUT2D eigenvalue weighted by Gasteiger charge is 2.21. The van der Waals surface area contributed by atoms with Gasteiger partial charge >= 0.3 is 0 Å². The predicted octanol–water partition coefficient (Wildman–Crippen LogP) is 5.68. The zero-order valence-electron chi connectivity index (χ0n) is 14.1. The molecule has 0 bridgehead atoms. The molecule has 0 atom stereocenters. The molecule has 0 saturated heterocycles. The van der Waals surface area contributed by atoms with E-state index >= 15 is 0 Å². The maximum atomic E-state index is 12.3. The predicted molar refractivity (Wildman–Crippen MR) is 99.9 cm³/mol. The molecule has 0 saturated carbocycles. The van der Waals surface area contributed by atoms with Gasteiger partial charge in [-0.1, -0.05) is 54.1 Å². The number of ketones is 1. The van der Waals surface area contributed by atoms with E-state index in [1.165, 1.54) is 5.56 Å². The minimum Gasteiger partial charge on any atom is -0.343 e. The third-order valence-corrected chi connectivity index (χ3v) is 4.70. The Morgan fingerprint density at radius 1 is 0.958 bits per heavy atom. The number of halogens is 1. The Kier molecular flexibility index (Phi) is 4.59. The van der Waals surface area contributed by atoms with E-state index in [0.717, 1.165) is 34.6 Å². The summed E-state index contributed by atoms with van der Waals surface area (Å²) in [5, 5.41) is 0.696. The molecular formula is C21H20ClNO. The highest BCUT2D eigenvalue weighted by atomic mass is 35.5. The topological polar surface area (TPSA) is 22.0 Å². The molecule has 0 amide bonds. The summed E-state index contributed by atoms with van der Waals surface area (Å²) >= 11 is 6.01. The molecule has 1 aromatic heterocycles. The largest absolute Gasteiger partial charge is 0.343 e. The van der Waals surface area contributed by atoms with E-state index in [2.05, 4.69) is 23.6 Å². The van der Waals surface area contributed by atoms with Crippen LogP contribution in [0.1, 0.15) is 34.2 Å². The van der Waals surface area contributed by atoms with Crippen LogP contribution in [0.2, 0.25) is 5.02 Å². The van der Waals surface area contributed by atoms with Crippen molar-refractivity contribution in [2.24, 2.45) is 0 Å². The molecule has 122 valence electrons. The summed E-state index contributed by atoms with van der Waals surface area (Å²) in [4.78, 5) is 12.3. The quantitative estimate of drug-likeness (QED) is 0.562. The van der Waals surface area contributed by atoms with Crippen molar-refractivity contribution in [3.63, 3.8) is 0 Å².